The number of benzene rings is 1. The molecule has 106 valence electrons. The molecular formula is C14H21FN2O2. The molecule has 0 unspecified atom stereocenters. The van der Waals surface area contributed by atoms with Gasteiger partial charge in [-0.3, -0.25) is 4.79 Å². The zero-order valence-corrected chi connectivity index (χ0v) is 11.4. The van der Waals surface area contributed by atoms with Crippen LogP contribution in [-0.2, 0) is 4.79 Å². The lowest BCUT2D eigenvalue weighted by atomic mass is 10.1. The number of nitrogens with zero attached hydrogens (tertiary/aromatic N) is 1. The molecule has 0 aliphatic rings. The number of aliphatic hydroxyl groups is 1. The normalized spacial score (nSPS) is 12.2. The van der Waals surface area contributed by atoms with Gasteiger partial charge in [0.15, 0.2) is 0 Å². The van der Waals surface area contributed by atoms with Crippen molar-refractivity contribution >= 4 is 11.6 Å². The molecule has 1 aromatic carbocycles. The topological polar surface area (TPSA) is 66.6 Å². The zero-order valence-electron chi connectivity index (χ0n) is 11.4. The minimum Gasteiger partial charge on any atom is -0.389 e. The quantitative estimate of drug-likeness (QED) is 0.794. The Balaban J connectivity index is 3.13. The van der Waals surface area contributed by atoms with Crippen LogP contribution >= 0.6 is 0 Å². The van der Waals surface area contributed by atoms with Crippen LogP contribution in [0.2, 0.25) is 0 Å². The van der Waals surface area contributed by atoms with Gasteiger partial charge in [0, 0.05) is 17.8 Å². The van der Waals surface area contributed by atoms with E-state index in [1.54, 1.807) is 17.0 Å². The third-order valence-corrected chi connectivity index (χ3v) is 2.92. The van der Waals surface area contributed by atoms with E-state index in [0.717, 1.165) is 12.8 Å². The number of hydrogen-bond acceptors (Lipinski definition) is 3. The standard InChI is InChI=1S/C14H21FN2O2/c1-3-4-8-17(9-13(16)19)12-7-5-6-11(15)14(12)10(2)18/h5-7,10,18H,3-4,8-9H2,1-2H3,(H2,16,19)/t10-/m1/s1. The Morgan fingerprint density at radius 1 is 1.53 bits per heavy atom. The number of carbonyl (C=O) groups excluding carboxylic acids is 1. The highest BCUT2D eigenvalue weighted by Gasteiger charge is 2.19. The van der Waals surface area contributed by atoms with Crippen LogP contribution in [0.25, 0.3) is 0 Å². The molecule has 1 rings (SSSR count). The molecular weight excluding hydrogens is 247 g/mol. The van der Waals surface area contributed by atoms with Gasteiger partial charge in [-0.05, 0) is 25.5 Å². The lowest BCUT2D eigenvalue weighted by Crippen LogP contribution is -2.35. The maximum absolute atomic E-state index is 13.8. The summed E-state index contributed by atoms with van der Waals surface area (Å²) in [5.74, 6) is -0.949. The molecule has 0 radical (unpaired) electrons. The average Bonchev–Trinajstić information content (AvgIpc) is 2.33. The van der Waals surface area contributed by atoms with Crippen molar-refractivity contribution in [1.82, 2.24) is 0 Å². The number of nitrogens with two attached hydrogens (primary N) is 1. The van der Waals surface area contributed by atoms with Crippen LogP contribution in [0.3, 0.4) is 0 Å². The highest BCUT2D eigenvalue weighted by atomic mass is 19.1. The SMILES string of the molecule is CCCCN(CC(N)=O)c1cccc(F)c1[C@@H](C)O. The van der Waals surface area contributed by atoms with E-state index in [4.69, 9.17) is 5.73 Å². The third-order valence-electron chi connectivity index (χ3n) is 2.92. The Kier molecular flexibility index (Phi) is 5.76. The Bertz CT molecular complexity index is 435. The predicted octanol–water partition coefficient (Wildman–Crippen LogP) is 1.97. The lowest BCUT2D eigenvalue weighted by Gasteiger charge is -2.27. The van der Waals surface area contributed by atoms with Crippen LogP contribution in [0, 0.1) is 5.82 Å². The number of unbranched alkanes of at least 4 members (excludes halogenated alkanes) is 1. The lowest BCUT2D eigenvalue weighted by molar-refractivity contribution is -0.116. The molecule has 0 fully saturated rings. The number of anilines is 1. The first kappa shape index (κ1) is 15.4. The van der Waals surface area contributed by atoms with Crippen LogP contribution < -0.4 is 10.6 Å². The Hall–Kier alpha value is -1.62. The minimum absolute atomic E-state index is 0.0170. The number of carbonyl (C=O) groups is 1. The van der Waals surface area contributed by atoms with E-state index in [0.29, 0.717) is 12.2 Å². The molecule has 0 bridgehead atoms. The van der Waals surface area contributed by atoms with Gasteiger partial charge in [0.1, 0.15) is 5.82 Å². The van der Waals surface area contributed by atoms with Gasteiger partial charge in [-0.2, -0.15) is 0 Å². The van der Waals surface area contributed by atoms with Crippen molar-refractivity contribution in [2.45, 2.75) is 32.8 Å². The molecule has 3 N–H and O–H groups in total. The van der Waals surface area contributed by atoms with Gasteiger partial charge in [-0.1, -0.05) is 19.4 Å². The molecule has 0 spiro atoms. The van der Waals surface area contributed by atoms with Crippen LogP contribution in [0.1, 0.15) is 38.4 Å². The highest BCUT2D eigenvalue weighted by Crippen LogP contribution is 2.29. The van der Waals surface area contributed by atoms with Crippen LogP contribution in [-0.4, -0.2) is 24.1 Å². The van der Waals surface area contributed by atoms with E-state index in [9.17, 15) is 14.3 Å². The summed E-state index contributed by atoms with van der Waals surface area (Å²) in [7, 11) is 0. The number of amides is 1. The largest absolute Gasteiger partial charge is 0.389 e. The summed E-state index contributed by atoms with van der Waals surface area (Å²) >= 11 is 0. The summed E-state index contributed by atoms with van der Waals surface area (Å²) in [6, 6.07) is 4.56. The van der Waals surface area contributed by atoms with Crippen molar-refractivity contribution in [2.75, 3.05) is 18.0 Å². The minimum atomic E-state index is -0.937. The van der Waals surface area contributed by atoms with Crippen molar-refractivity contribution in [3.8, 4) is 0 Å². The number of primary amides is 1. The summed E-state index contributed by atoms with van der Waals surface area (Å²) < 4.78 is 13.8. The molecule has 0 saturated heterocycles. The molecule has 0 aliphatic carbocycles. The molecule has 0 aliphatic heterocycles. The Morgan fingerprint density at radius 3 is 2.74 bits per heavy atom. The number of hydrogen-bond donors (Lipinski definition) is 2. The summed E-state index contributed by atoms with van der Waals surface area (Å²) in [5.41, 5.74) is 5.97. The Labute approximate surface area is 113 Å². The van der Waals surface area contributed by atoms with Crippen molar-refractivity contribution in [1.29, 1.82) is 0 Å². The van der Waals surface area contributed by atoms with Gasteiger partial charge >= 0.3 is 0 Å². The second kappa shape index (κ2) is 7.09. The molecule has 1 atom stereocenters. The number of rotatable bonds is 7. The van der Waals surface area contributed by atoms with E-state index >= 15 is 0 Å². The van der Waals surface area contributed by atoms with Gasteiger partial charge < -0.3 is 15.7 Å². The highest BCUT2D eigenvalue weighted by molar-refractivity contribution is 5.80. The summed E-state index contributed by atoms with van der Waals surface area (Å²) in [5, 5.41) is 9.71. The fraction of sp³-hybridized carbons (Fsp3) is 0.500. The van der Waals surface area contributed by atoms with Crippen molar-refractivity contribution in [2.24, 2.45) is 5.73 Å². The smallest absolute Gasteiger partial charge is 0.236 e. The Morgan fingerprint density at radius 2 is 2.21 bits per heavy atom. The molecule has 4 nitrogen and oxygen atoms in total. The molecule has 0 aromatic heterocycles. The van der Waals surface area contributed by atoms with Gasteiger partial charge in [0.05, 0.1) is 12.6 Å². The first-order valence-corrected chi connectivity index (χ1v) is 6.47. The third kappa shape index (κ3) is 4.21. The molecule has 19 heavy (non-hydrogen) atoms. The first-order valence-electron chi connectivity index (χ1n) is 6.47. The number of halogens is 1. The summed E-state index contributed by atoms with van der Waals surface area (Å²) in [6.45, 7) is 4.15. The van der Waals surface area contributed by atoms with E-state index in [-0.39, 0.29) is 12.1 Å². The van der Waals surface area contributed by atoms with Crippen molar-refractivity contribution in [3.05, 3.63) is 29.6 Å². The van der Waals surface area contributed by atoms with Crippen molar-refractivity contribution in [3.63, 3.8) is 0 Å². The number of aliphatic hydroxyl groups excluding tert-OH is 1. The molecule has 0 saturated carbocycles. The fourth-order valence-corrected chi connectivity index (χ4v) is 2.04. The van der Waals surface area contributed by atoms with E-state index < -0.39 is 17.8 Å². The summed E-state index contributed by atoms with van der Waals surface area (Å²) in [4.78, 5) is 12.9. The molecule has 1 amide bonds. The van der Waals surface area contributed by atoms with Crippen LogP contribution in [0.15, 0.2) is 18.2 Å². The second-order valence-electron chi connectivity index (χ2n) is 4.59. The van der Waals surface area contributed by atoms with Gasteiger partial charge in [-0.25, -0.2) is 4.39 Å². The van der Waals surface area contributed by atoms with Gasteiger partial charge in [-0.15, -0.1) is 0 Å². The predicted molar refractivity (Wildman–Crippen MR) is 73.3 cm³/mol. The maximum atomic E-state index is 13.8. The first-order chi connectivity index (χ1) is 8.97. The van der Waals surface area contributed by atoms with Crippen LogP contribution in [0.4, 0.5) is 10.1 Å². The van der Waals surface area contributed by atoms with Gasteiger partial charge in [0.2, 0.25) is 5.91 Å². The molecule has 0 heterocycles. The van der Waals surface area contributed by atoms with E-state index in [2.05, 4.69) is 0 Å². The average molecular weight is 268 g/mol. The monoisotopic (exact) mass is 268 g/mol. The van der Waals surface area contributed by atoms with E-state index in [1.807, 2.05) is 6.92 Å². The maximum Gasteiger partial charge on any atom is 0.236 e. The zero-order chi connectivity index (χ0) is 14.4. The molecule has 5 heteroatoms. The van der Waals surface area contributed by atoms with E-state index in [1.165, 1.54) is 13.0 Å². The second-order valence-corrected chi connectivity index (χ2v) is 4.59. The van der Waals surface area contributed by atoms with Crippen LogP contribution in [0.5, 0.6) is 0 Å². The summed E-state index contributed by atoms with van der Waals surface area (Å²) in [6.07, 6.45) is 0.880. The molecule has 1 aromatic rings. The fourth-order valence-electron chi connectivity index (χ4n) is 2.04. The van der Waals surface area contributed by atoms with Crippen molar-refractivity contribution < 1.29 is 14.3 Å². The van der Waals surface area contributed by atoms with Gasteiger partial charge in [0.25, 0.3) is 0 Å².